The molecular weight excluding hydrogens is 240 g/mol. The summed E-state index contributed by atoms with van der Waals surface area (Å²) in [5, 5.41) is 3.75. The monoisotopic (exact) mass is 249 g/mol. The third-order valence-electron chi connectivity index (χ3n) is 2.49. The predicted octanol–water partition coefficient (Wildman–Crippen LogP) is 4.04. The van der Waals surface area contributed by atoms with Crippen LogP contribution in [0.4, 0.5) is 5.69 Å². The van der Waals surface area contributed by atoms with E-state index in [1.165, 1.54) is 0 Å². The summed E-state index contributed by atoms with van der Waals surface area (Å²) in [6, 6.07) is 5.84. The molecule has 0 heterocycles. The first-order valence-corrected chi connectivity index (χ1v) is 5.53. The summed E-state index contributed by atoms with van der Waals surface area (Å²) in [6.07, 6.45) is 0.786. The van der Waals surface area contributed by atoms with Gasteiger partial charge in [-0.05, 0) is 24.1 Å². The van der Waals surface area contributed by atoms with Gasteiger partial charge < -0.3 is 5.32 Å². The molecule has 1 saturated carbocycles. The third kappa shape index (κ3) is 1.81. The van der Waals surface area contributed by atoms with E-state index in [2.05, 4.69) is 5.32 Å². The maximum Gasteiger partial charge on any atom is 0.126 e. The Hall–Kier alpha value is -0.110. The summed E-state index contributed by atoms with van der Waals surface area (Å²) in [6.45, 7) is 0. The quantitative estimate of drug-likeness (QED) is 0.781. The second-order valence-electron chi connectivity index (χ2n) is 3.50. The Morgan fingerprint density at radius 3 is 2.50 bits per heavy atom. The molecule has 0 saturated heterocycles. The first kappa shape index (κ1) is 10.4. The standard InChI is InChI=1S/C10H10Cl3N/c1-14-6-2-3-7(9(11)4-6)8-5-10(8,12)13/h2-4,8,14H,5H2,1H3. The van der Waals surface area contributed by atoms with Crippen LogP contribution in [0.15, 0.2) is 18.2 Å². The summed E-state index contributed by atoms with van der Waals surface area (Å²) in [4.78, 5) is 0. The normalized spacial score (nSPS) is 23.3. The number of anilines is 1. The molecule has 1 fully saturated rings. The maximum atomic E-state index is 6.11. The van der Waals surface area contributed by atoms with Gasteiger partial charge in [0, 0.05) is 23.7 Å². The van der Waals surface area contributed by atoms with Gasteiger partial charge in [-0.3, -0.25) is 0 Å². The van der Waals surface area contributed by atoms with Gasteiger partial charge >= 0.3 is 0 Å². The molecule has 14 heavy (non-hydrogen) atoms. The number of nitrogens with one attached hydrogen (secondary N) is 1. The Labute approximate surface area is 98.3 Å². The van der Waals surface area contributed by atoms with Crippen LogP contribution < -0.4 is 5.32 Å². The highest BCUT2D eigenvalue weighted by atomic mass is 35.5. The smallest absolute Gasteiger partial charge is 0.126 e. The Balaban J connectivity index is 2.28. The van der Waals surface area contributed by atoms with Crippen molar-refractivity contribution >= 4 is 40.5 Å². The fourth-order valence-corrected chi connectivity index (χ4v) is 2.37. The molecule has 1 unspecified atom stereocenters. The molecule has 1 nitrogen and oxygen atoms in total. The SMILES string of the molecule is CNc1ccc(C2CC2(Cl)Cl)c(Cl)c1. The molecule has 1 aromatic carbocycles. The van der Waals surface area contributed by atoms with Gasteiger partial charge in [-0.2, -0.15) is 0 Å². The molecule has 1 N–H and O–H groups in total. The van der Waals surface area contributed by atoms with E-state index in [9.17, 15) is 0 Å². The average Bonchev–Trinajstić information content (AvgIpc) is 2.74. The van der Waals surface area contributed by atoms with Crippen LogP contribution >= 0.6 is 34.8 Å². The first-order valence-electron chi connectivity index (χ1n) is 4.39. The van der Waals surface area contributed by atoms with Gasteiger partial charge in [-0.1, -0.05) is 17.7 Å². The van der Waals surface area contributed by atoms with Crippen molar-refractivity contribution in [2.45, 2.75) is 16.7 Å². The Kier molecular flexibility index (Phi) is 2.59. The molecule has 4 heteroatoms. The first-order chi connectivity index (χ1) is 6.54. The fraction of sp³-hybridized carbons (Fsp3) is 0.400. The van der Waals surface area contributed by atoms with E-state index in [1.807, 2.05) is 25.2 Å². The average molecular weight is 251 g/mol. The third-order valence-corrected chi connectivity index (χ3v) is 3.65. The van der Waals surface area contributed by atoms with Gasteiger partial charge in [0.05, 0.1) is 0 Å². The van der Waals surface area contributed by atoms with Gasteiger partial charge in [0.15, 0.2) is 0 Å². The molecule has 0 amide bonds. The van der Waals surface area contributed by atoms with Crippen LogP contribution in [0, 0.1) is 0 Å². The number of alkyl halides is 2. The lowest BCUT2D eigenvalue weighted by molar-refractivity contribution is 1.11. The lowest BCUT2D eigenvalue weighted by Crippen LogP contribution is -1.93. The van der Waals surface area contributed by atoms with E-state index in [0.717, 1.165) is 22.7 Å². The highest BCUT2D eigenvalue weighted by Gasteiger charge is 2.53. The Morgan fingerprint density at radius 1 is 1.43 bits per heavy atom. The molecular formula is C10H10Cl3N. The zero-order chi connectivity index (χ0) is 10.3. The van der Waals surface area contributed by atoms with Gasteiger partial charge in [0.2, 0.25) is 0 Å². The summed E-state index contributed by atoms with van der Waals surface area (Å²) in [5.74, 6) is 0.184. The van der Waals surface area contributed by atoms with Crippen LogP contribution in [0.3, 0.4) is 0 Å². The van der Waals surface area contributed by atoms with E-state index in [-0.39, 0.29) is 5.92 Å². The van der Waals surface area contributed by atoms with Crippen LogP contribution in [0.25, 0.3) is 0 Å². The molecule has 1 aliphatic carbocycles. The minimum atomic E-state index is -0.606. The van der Waals surface area contributed by atoms with E-state index in [1.54, 1.807) is 0 Å². The minimum absolute atomic E-state index is 0.184. The van der Waals surface area contributed by atoms with Crippen molar-refractivity contribution in [3.63, 3.8) is 0 Å². The summed E-state index contributed by atoms with van der Waals surface area (Å²) >= 11 is 18.1. The van der Waals surface area contributed by atoms with Crippen LogP contribution in [0.2, 0.25) is 5.02 Å². The van der Waals surface area contributed by atoms with Crippen LogP contribution in [0.5, 0.6) is 0 Å². The van der Waals surface area contributed by atoms with Crippen molar-refractivity contribution in [3.8, 4) is 0 Å². The highest BCUT2D eigenvalue weighted by molar-refractivity contribution is 6.51. The molecule has 1 aliphatic rings. The second kappa shape index (κ2) is 3.48. The molecule has 0 aliphatic heterocycles. The fourth-order valence-electron chi connectivity index (χ4n) is 1.52. The Bertz CT molecular complexity index is 362. The van der Waals surface area contributed by atoms with Crippen LogP contribution in [-0.2, 0) is 0 Å². The largest absolute Gasteiger partial charge is 0.388 e. The molecule has 2 rings (SSSR count). The zero-order valence-corrected chi connectivity index (χ0v) is 9.92. The van der Waals surface area contributed by atoms with Crippen molar-refractivity contribution in [1.29, 1.82) is 0 Å². The summed E-state index contributed by atoms with van der Waals surface area (Å²) < 4.78 is -0.606. The van der Waals surface area contributed by atoms with Gasteiger partial charge in [0.25, 0.3) is 0 Å². The molecule has 0 radical (unpaired) electrons. The molecule has 1 atom stereocenters. The van der Waals surface area contributed by atoms with Crippen molar-refractivity contribution in [1.82, 2.24) is 0 Å². The molecule has 0 spiro atoms. The molecule has 0 bridgehead atoms. The second-order valence-corrected chi connectivity index (χ2v) is 5.45. The van der Waals surface area contributed by atoms with Crippen LogP contribution in [0.1, 0.15) is 17.9 Å². The van der Waals surface area contributed by atoms with Gasteiger partial charge in [0.1, 0.15) is 4.33 Å². The lowest BCUT2D eigenvalue weighted by atomic mass is 10.1. The lowest BCUT2D eigenvalue weighted by Gasteiger charge is -2.06. The van der Waals surface area contributed by atoms with Crippen molar-refractivity contribution in [2.24, 2.45) is 0 Å². The highest BCUT2D eigenvalue weighted by Crippen LogP contribution is 2.60. The van der Waals surface area contributed by atoms with E-state index < -0.39 is 4.33 Å². The topological polar surface area (TPSA) is 12.0 Å². The maximum absolute atomic E-state index is 6.11. The summed E-state index contributed by atoms with van der Waals surface area (Å²) in [7, 11) is 1.86. The van der Waals surface area contributed by atoms with E-state index in [4.69, 9.17) is 34.8 Å². The van der Waals surface area contributed by atoms with E-state index in [0.29, 0.717) is 0 Å². The van der Waals surface area contributed by atoms with Gasteiger partial charge in [-0.25, -0.2) is 0 Å². The minimum Gasteiger partial charge on any atom is -0.388 e. The number of hydrogen-bond donors (Lipinski definition) is 1. The number of rotatable bonds is 2. The van der Waals surface area contributed by atoms with E-state index >= 15 is 0 Å². The number of halogens is 3. The van der Waals surface area contributed by atoms with Crippen molar-refractivity contribution in [2.75, 3.05) is 12.4 Å². The number of hydrogen-bond acceptors (Lipinski definition) is 1. The zero-order valence-electron chi connectivity index (χ0n) is 7.65. The number of benzene rings is 1. The molecule has 1 aromatic rings. The van der Waals surface area contributed by atoms with Gasteiger partial charge in [-0.15, -0.1) is 23.2 Å². The predicted molar refractivity (Wildman–Crippen MR) is 62.8 cm³/mol. The summed E-state index contributed by atoms with van der Waals surface area (Å²) in [5.41, 5.74) is 2.03. The van der Waals surface area contributed by atoms with Crippen LogP contribution in [-0.4, -0.2) is 11.4 Å². The molecule has 0 aromatic heterocycles. The van der Waals surface area contributed by atoms with Crippen molar-refractivity contribution in [3.05, 3.63) is 28.8 Å². The van der Waals surface area contributed by atoms with Crippen molar-refractivity contribution < 1.29 is 0 Å². The Morgan fingerprint density at radius 2 is 2.07 bits per heavy atom. The molecule has 76 valence electrons.